The van der Waals surface area contributed by atoms with E-state index >= 15 is 0 Å². The molecule has 0 N–H and O–H groups in total. The van der Waals surface area contributed by atoms with Crippen molar-refractivity contribution in [3.05, 3.63) is 156 Å². The van der Waals surface area contributed by atoms with Gasteiger partial charge in [-0.1, -0.05) is 104 Å². The van der Waals surface area contributed by atoms with E-state index < -0.39 is 0 Å². The van der Waals surface area contributed by atoms with Gasteiger partial charge in [-0.15, -0.1) is 0 Å². The summed E-state index contributed by atoms with van der Waals surface area (Å²) in [6, 6.07) is 50.2. The van der Waals surface area contributed by atoms with Gasteiger partial charge in [0.1, 0.15) is 23.0 Å². The number of benzene rings is 7. The van der Waals surface area contributed by atoms with Crippen molar-refractivity contribution in [2.75, 3.05) is 4.90 Å². The molecule has 7 aromatic carbocycles. The molecule has 0 aromatic heterocycles. The first kappa shape index (κ1) is 27.4. The Morgan fingerprint density at radius 3 is 1.98 bits per heavy atom. The summed E-state index contributed by atoms with van der Waals surface area (Å²) in [6.45, 7) is 6.94. The lowest BCUT2D eigenvalue weighted by Gasteiger charge is -2.33. The monoisotopic (exact) mass is 617 g/mol. The third-order valence-electron chi connectivity index (χ3n) is 10.6. The van der Waals surface area contributed by atoms with E-state index in [2.05, 4.69) is 153 Å². The van der Waals surface area contributed by atoms with E-state index in [0.717, 1.165) is 39.8 Å². The Labute approximate surface area is 281 Å². The van der Waals surface area contributed by atoms with Crippen LogP contribution in [-0.2, 0) is 5.41 Å². The van der Waals surface area contributed by atoms with Crippen LogP contribution in [0.1, 0.15) is 30.5 Å². The van der Waals surface area contributed by atoms with Crippen molar-refractivity contribution in [3.8, 4) is 34.1 Å². The van der Waals surface area contributed by atoms with Crippen LogP contribution in [0.15, 0.2) is 140 Å². The highest BCUT2D eigenvalue weighted by Gasteiger charge is 2.44. The molecule has 3 nitrogen and oxygen atoms in total. The van der Waals surface area contributed by atoms with Crippen molar-refractivity contribution in [2.24, 2.45) is 0 Å². The van der Waals surface area contributed by atoms with Gasteiger partial charge in [0.2, 0.25) is 0 Å². The normalized spacial score (nSPS) is 14.2. The quantitative estimate of drug-likeness (QED) is 0.184. The maximum Gasteiger partial charge on any atom is 0.260 e. The fraction of sp³-hybridized carbons (Fsp3) is 0.0909. The summed E-state index contributed by atoms with van der Waals surface area (Å²) >= 11 is 0. The molecule has 0 fully saturated rings. The molecular weight excluding hydrogens is 585 g/mol. The summed E-state index contributed by atoms with van der Waals surface area (Å²) in [7, 11) is 0. The molecule has 0 bridgehead atoms. The number of hydrogen-bond acceptors (Lipinski definition) is 3. The number of nitrogens with zero attached hydrogens (tertiary/aromatic N) is 1. The Morgan fingerprint density at radius 1 is 0.542 bits per heavy atom. The van der Waals surface area contributed by atoms with Crippen molar-refractivity contribution < 1.29 is 9.47 Å². The fourth-order valence-electron chi connectivity index (χ4n) is 8.32. The lowest BCUT2D eigenvalue weighted by molar-refractivity contribution is 0.464. The highest BCUT2D eigenvalue weighted by molar-refractivity contribution is 6.98. The average molecular weight is 618 g/mol. The topological polar surface area (TPSA) is 21.7 Å². The number of fused-ring (bicyclic) bond motifs is 9. The third-order valence-corrected chi connectivity index (χ3v) is 10.6. The SMILES string of the molecule is Cc1ccc(N(c2ccccc2)c2cc3c(c4ccccc24)-c2cc4c(cc2C3(C)C)B2c3ccccc3Oc3cccc(c32)O4)cc1. The van der Waals surface area contributed by atoms with E-state index in [1.807, 2.05) is 12.1 Å². The number of hydrogen-bond donors (Lipinski definition) is 0. The molecule has 0 amide bonds. The standard InChI is InChI=1S/C44H32BNO2/c1-27-20-22-29(23-21-27)46(28-12-5-4-6-13-28)37-26-34-42(31-15-8-7-14-30(31)37)32-24-41-36(25-33(32)44(34,2)3)45-35-16-9-10-17-38(35)47-39-18-11-19-40(48-41)43(39)45/h4-26H,1-3H3. The van der Waals surface area contributed by atoms with Gasteiger partial charge in [-0.25, -0.2) is 0 Å². The highest BCUT2D eigenvalue weighted by atomic mass is 16.5. The molecule has 4 heteroatoms. The Bertz CT molecular complexity index is 2450. The molecule has 0 spiro atoms. The van der Waals surface area contributed by atoms with Crippen LogP contribution in [-0.4, -0.2) is 6.71 Å². The molecule has 10 rings (SSSR count). The molecule has 0 saturated carbocycles. The van der Waals surface area contributed by atoms with Crippen molar-refractivity contribution >= 4 is 50.9 Å². The van der Waals surface area contributed by atoms with Crippen LogP contribution in [0.3, 0.4) is 0 Å². The smallest absolute Gasteiger partial charge is 0.260 e. The van der Waals surface area contributed by atoms with Crippen molar-refractivity contribution in [1.29, 1.82) is 0 Å². The van der Waals surface area contributed by atoms with E-state index in [0.29, 0.717) is 0 Å². The van der Waals surface area contributed by atoms with E-state index in [-0.39, 0.29) is 12.1 Å². The zero-order valence-electron chi connectivity index (χ0n) is 27.1. The average Bonchev–Trinajstić information content (AvgIpc) is 3.33. The zero-order chi connectivity index (χ0) is 32.1. The maximum atomic E-state index is 6.76. The summed E-state index contributed by atoms with van der Waals surface area (Å²) in [5.41, 5.74) is 13.1. The lowest BCUT2D eigenvalue weighted by Crippen LogP contribution is -2.57. The fourth-order valence-corrected chi connectivity index (χ4v) is 8.32. The molecule has 0 saturated heterocycles. The van der Waals surface area contributed by atoms with E-state index in [1.54, 1.807) is 0 Å². The molecule has 0 radical (unpaired) electrons. The van der Waals surface area contributed by atoms with E-state index in [9.17, 15) is 0 Å². The minimum Gasteiger partial charge on any atom is -0.458 e. The van der Waals surface area contributed by atoms with Gasteiger partial charge in [-0.3, -0.25) is 0 Å². The van der Waals surface area contributed by atoms with Crippen LogP contribution in [0.4, 0.5) is 17.1 Å². The van der Waals surface area contributed by atoms with Crippen LogP contribution in [0.5, 0.6) is 23.0 Å². The van der Waals surface area contributed by atoms with Crippen LogP contribution in [0, 0.1) is 6.92 Å². The molecule has 3 aliphatic rings. The van der Waals surface area contributed by atoms with Gasteiger partial charge in [0.15, 0.2) is 0 Å². The summed E-state index contributed by atoms with van der Waals surface area (Å²) < 4.78 is 13.2. The first-order chi connectivity index (χ1) is 23.5. The van der Waals surface area contributed by atoms with Crippen LogP contribution in [0.2, 0.25) is 0 Å². The zero-order valence-corrected chi connectivity index (χ0v) is 27.1. The van der Waals surface area contributed by atoms with Gasteiger partial charge < -0.3 is 14.4 Å². The van der Waals surface area contributed by atoms with Gasteiger partial charge in [0.25, 0.3) is 6.71 Å². The van der Waals surface area contributed by atoms with Gasteiger partial charge >= 0.3 is 0 Å². The van der Waals surface area contributed by atoms with Crippen LogP contribution >= 0.6 is 0 Å². The minimum absolute atomic E-state index is 0.0390. The van der Waals surface area contributed by atoms with Crippen molar-refractivity contribution in [2.45, 2.75) is 26.2 Å². The summed E-state index contributed by atoms with van der Waals surface area (Å²) in [5, 5.41) is 2.47. The second kappa shape index (κ2) is 9.89. The minimum atomic E-state index is -0.251. The first-order valence-corrected chi connectivity index (χ1v) is 16.7. The van der Waals surface area contributed by atoms with E-state index in [1.165, 1.54) is 55.2 Å². The number of anilines is 3. The molecular formula is C44H32BNO2. The van der Waals surface area contributed by atoms with Gasteiger partial charge in [-0.05, 0) is 100 Å². The van der Waals surface area contributed by atoms with Crippen molar-refractivity contribution in [1.82, 2.24) is 0 Å². The van der Waals surface area contributed by atoms with Crippen LogP contribution < -0.4 is 30.8 Å². The van der Waals surface area contributed by atoms with Gasteiger partial charge in [0.05, 0.1) is 5.69 Å². The number of rotatable bonds is 3. The van der Waals surface area contributed by atoms with Gasteiger partial charge in [0, 0.05) is 27.6 Å². The molecule has 0 unspecified atom stereocenters. The Balaban J connectivity index is 1.22. The Morgan fingerprint density at radius 2 is 1.19 bits per heavy atom. The molecule has 228 valence electrons. The second-order valence-corrected chi connectivity index (χ2v) is 13.8. The first-order valence-electron chi connectivity index (χ1n) is 16.7. The molecule has 2 aliphatic heterocycles. The predicted octanol–water partition coefficient (Wildman–Crippen LogP) is 9.65. The summed E-state index contributed by atoms with van der Waals surface area (Å²) in [4.78, 5) is 2.41. The van der Waals surface area contributed by atoms with Crippen molar-refractivity contribution in [3.63, 3.8) is 0 Å². The molecule has 2 heterocycles. The molecule has 48 heavy (non-hydrogen) atoms. The Hall–Kier alpha value is -5.74. The summed E-state index contributed by atoms with van der Waals surface area (Å²) in [5.74, 6) is 3.57. The second-order valence-electron chi connectivity index (χ2n) is 13.8. The molecule has 0 atom stereocenters. The third kappa shape index (κ3) is 3.77. The van der Waals surface area contributed by atoms with Crippen LogP contribution in [0.25, 0.3) is 21.9 Å². The van der Waals surface area contributed by atoms with Gasteiger partial charge in [-0.2, -0.15) is 0 Å². The molecule has 7 aromatic rings. The summed E-state index contributed by atoms with van der Waals surface area (Å²) in [6.07, 6.45) is 0. The lowest BCUT2D eigenvalue weighted by atomic mass is 9.34. The highest BCUT2D eigenvalue weighted by Crippen LogP contribution is 2.55. The number of aryl methyl sites for hydroxylation is 1. The largest absolute Gasteiger partial charge is 0.458 e. The Kier molecular flexibility index (Phi) is 5.64. The molecule has 1 aliphatic carbocycles. The number of para-hydroxylation sites is 2. The predicted molar refractivity (Wildman–Crippen MR) is 199 cm³/mol. The number of ether oxygens (including phenoxy) is 2. The van der Waals surface area contributed by atoms with E-state index in [4.69, 9.17) is 9.47 Å². The maximum absolute atomic E-state index is 6.76.